The maximum absolute atomic E-state index is 5.82. The van der Waals surface area contributed by atoms with Crippen LogP contribution in [-0.4, -0.2) is 77.4 Å². The molecule has 2 aliphatic rings. The SMILES string of the molecule is CNCCOc1ccc(-c2cc(N3C[C@H]4CN(C)CC[C@H]4C3)c3ccc(N(C)C)cc3n2)cc1. The second-order valence-electron chi connectivity index (χ2n) is 10.1. The molecule has 5 rings (SSSR count). The predicted molar refractivity (Wildman–Crippen MR) is 142 cm³/mol. The van der Waals surface area contributed by atoms with Crippen LogP contribution >= 0.6 is 0 Å². The Morgan fingerprint density at radius 2 is 1.82 bits per heavy atom. The van der Waals surface area contributed by atoms with Gasteiger partial charge in [0.1, 0.15) is 12.4 Å². The lowest BCUT2D eigenvalue weighted by molar-refractivity contribution is 0.178. The van der Waals surface area contributed by atoms with Gasteiger partial charge in [-0.15, -0.1) is 0 Å². The maximum atomic E-state index is 5.82. The van der Waals surface area contributed by atoms with Crippen molar-refractivity contribution in [1.82, 2.24) is 15.2 Å². The number of ether oxygens (including phenoxy) is 1. The van der Waals surface area contributed by atoms with Gasteiger partial charge >= 0.3 is 0 Å². The number of rotatable bonds is 7. The van der Waals surface area contributed by atoms with Gasteiger partial charge in [-0.3, -0.25) is 0 Å². The number of nitrogens with zero attached hydrogens (tertiary/aromatic N) is 4. The molecule has 2 aromatic carbocycles. The highest BCUT2D eigenvalue weighted by Gasteiger charge is 2.36. The largest absolute Gasteiger partial charge is 0.492 e. The van der Waals surface area contributed by atoms with E-state index < -0.39 is 0 Å². The van der Waals surface area contributed by atoms with Crippen molar-refractivity contribution in [2.45, 2.75) is 6.42 Å². The molecular weight excluding hydrogens is 422 g/mol. The van der Waals surface area contributed by atoms with Gasteiger partial charge in [0.2, 0.25) is 0 Å². The number of hydrogen-bond acceptors (Lipinski definition) is 6. The molecule has 0 bridgehead atoms. The Hall–Kier alpha value is -2.83. The van der Waals surface area contributed by atoms with Crippen molar-refractivity contribution in [3.8, 4) is 17.0 Å². The highest BCUT2D eigenvalue weighted by Crippen LogP contribution is 2.39. The first kappa shape index (κ1) is 22.9. The van der Waals surface area contributed by atoms with E-state index in [0.717, 1.165) is 54.0 Å². The van der Waals surface area contributed by atoms with Gasteiger partial charge in [0.15, 0.2) is 0 Å². The van der Waals surface area contributed by atoms with Crippen LogP contribution in [0.15, 0.2) is 48.5 Å². The van der Waals surface area contributed by atoms with Crippen LogP contribution in [0.5, 0.6) is 5.75 Å². The normalized spacial score (nSPS) is 20.5. The lowest BCUT2D eigenvalue weighted by atomic mass is 9.89. The molecule has 3 heterocycles. The molecule has 0 unspecified atom stereocenters. The zero-order chi connectivity index (χ0) is 23.7. The number of likely N-dealkylation sites (tertiary alicyclic amines) is 1. The number of fused-ring (bicyclic) bond motifs is 2. The molecule has 0 radical (unpaired) electrons. The van der Waals surface area contributed by atoms with Crippen LogP contribution in [0.1, 0.15) is 6.42 Å². The quantitative estimate of drug-likeness (QED) is 0.540. The summed E-state index contributed by atoms with van der Waals surface area (Å²) in [6.07, 6.45) is 1.30. The summed E-state index contributed by atoms with van der Waals surface area (Å²) < 4.78 is 5.82. The summed E-state index contributed by atoms with van der Waals surface area (Å²) in [5.41, 5.74) is 5.69. The molecule has 0 saturated carbocycles. The summed E-state index contributed by atoms with van der Waals surface area (Å²) in [6.45, 7) is 6.18. The van der Waals surface area contributed by atoms with Crippen LogP contribution in [0.25, 0.3) is 22.2 Å². The zero-order valence-corrected chi connectivity index (χ0v) is 20.9. The number of hydrogen-bond donors (Lipinski definition) is 1. The minimum Gasteiger partial charge on any atom is -0.492 e. The van der Waals surface area contributed by atoms with E-state index in [-0.39, 0.29) is 0 Å². The number of piperidine rings is 1. The predicted octanol–water partition coefficient (Wildman–Crippen LogP) is 3.95. The smallest absolute Gasteiger partial charge is 0.119 e. The maximum Gasteiger partial charge on any atom is 0.119 e. The van der Waals surface area contributed by atoms with Crippen LogP contribution in [-0.2, 0) is 0 Å². The minimum atomic E-state index is 0.661. The standard InChI is InChI=1S/C28H37N5O/c1-29-12-14-34-24-8-5-20(6-9-24)26-16-28(25-10-7-23(31(2)3)15-27(25)30-26)33-18-21-11-13-32(4)17-22(21)19-33/h5-10,15-16,21-22,29H,11-14,17-19H2,1-4H3/t21-,22+/m0/s1. The molecule has 3 aromatic rings. The molecule has 0 spiro atoms. The third-order valence-electron chi connectivity index (χ3n) is 7.40. The van der Waals surface area contributed by atoms with Crippen molar-refractivity contribution in [2.75, 3.05) is 77.3 Å². The van der Waals surface area contributed by atoms with Crippen LogP contribution in [0.2, 0.25) is 0 Å². The molecule has 2 aliphatic heterocycles. The topological polar surface area (TPSA) is 43.9 Å². The molecule has 2 fully saturated rings. The zero-order valence-electron chi connectivity index (χ0n) is 20.9. The van der Waals surface area contributed by atoms with E-state index in [1.807, 2.05) is 19.2 Å². The number of aromatic nitrogens is 1. The van der Waals surface area contributed by atoms with Crippen molar-refractivity contribution in [1.29, 1.82) is 0 Å². The first-order valence-electron chi connectivity index (χ1n) is 12.5. The van der Waals surface area contributed by atoms with Gasteiger partial charge < -0.3 is 24.8 Å². The molecule has 180 valence electrons. The van der Waals surface area contributed by atoms with Gasteiger partial charge in [0, 0.05) is 62.6 Å². The van der Waals surface area contributed by atoms with Crippen molar-refractivity contribution in [3.63, 3.8) is 0 Å². The lowest BCUT2D eigenvalue weighted by Crippen LogP contribution is -2.37. The fraction of sp³-hybridized carbons (Fsp3) is 0.464. The first-order valence-corrected chi connectivity index (χ1v) is 12.5. The molecule has 6 nitrogen and oxygen atoms in total. The summed E-state index contributed by atoms with van der Waals surface area (Å²) in [5.74, 6) is 2.43. The fourth-order valence-corrected chi connectivity index (χ4v) is 5.43. The van der Waals surface area contributed by atoms with Gasteiger partial charge in [-0.25, -0.2) is 4.98 Å². The van der Waals surface area contributed by atoms with E-state index >= 15 is 0 Å². The number of pyridine rings is 1. The summed E-state index contributed by atoms with van der Waals surface area (Å²) in [5, 5.41) is 4.36. The second-order valence-corrected chi connectivity index (χ2v) is 10.1. The molecule has 0 aliphatic carbocycles. The van der Waals surface area contributed by atoms with Crippen LogP contribution in [0.3, 0.4) is 0 Å². The molecule has 0 amide bonds. The Morgan fingerprint density at radius 3 is 2.59 bits per heavy atom. The fourth-order valence-electron chi connectivity index (χ4n) is 5.43. The number of benzene rings is 2. The van der Waals surface area contributed by atoms with E-state index in [1.54, 1.807) is 0 Å². The molecule has 6 heteroatoms. The molecule has 1 aromatic heterocycles. The Morgan fingerprint density at radius 1 is 1.03 bits per heavy atom. The summed E-state index contributed by atoms with van der Waals surface area (Å²) >= 11 is 0. The Balaban J connectivity index is 1.51. The molecule has 2 atom stereocenters. The Labute approximate surface area is 203 Å². The third kappa shape index (κ3) is 4.70. The van der Waals surface area contributed by atoms with E-state index in [9.17, 15) is 0 Å². The van der Waals surface area contributed by atoms with Gasteiger partial charge in [-0.05, 0) is 87.4 Å². The molecular formula is C28H37N5O. The second kappa shape index (κ2) is 9.80. The van der Waals surface area contributed by atoms with E-state index in [0.29, 0.717) is 6.61 Å². The third-order valence-corrected chi connectivity index (χ3v) is 7.40. The van der Waals surface area contributed by atoms with Gasteiger partial charge in [-0.1, -0.05) is 0 Å². The van der Waals surface area contributed by atoms with Crippen molar-refractivity contribution < 1.29 is 4.74 Å². The summed E-state index contributed by atoms with van der Waals surface area (Å²) in [6, 6.07) is 17.3. The van der Waals surface area contributed by atoms with E-state index in [4.69, 9.17) is 9.72 Å². The van der Waals surface area contributed by atoms with Crippen LogP contribution in [0, 0.1) is 11.8 Å². The van der Waals surface area contributed by atoms with E-state index in [1.165, 1.54) is 36.3 Å². The molecule has 34 heavy (non-hydrogen) atoms. The van der Waals surface area contributed by atoms with Gasteiger partial charge in [-0.2, -0.15) is 0 Å². The van der Waals surface area contributed by atoms with Gasteiger partial charge in [0.25, 0.3) is 0 Å². The van der Waals surface area contributed by atoms with Crippen molar-refractivity contribution in [3.05, 3.63) is 48.5 Å². The summed E-state index contributed by atoms with van der Waals surface area (Å²) in [7, 11) is 8.36. The molecule has 2 saturated heterocycles. The van der Waals surface area contributed by atoms with Gasteiger partial charge in [0.05, 0.1) is 11.2 Å². The molecule has 1 N–H and O–H groups in total. The average molecular weight is 460 g/mol. The first-order chi connectivity index (χ1) is 16.5. The van der Waals surface area contributed by atoms with Crippen molar-refractivity contribution >= 4 is 22.3 Å². The highest BCUT2D eigenvalue weighted by atomic mass is 16.5. The summed E-state index contributed by atoms with van der Waals surface area (Å²) in [4.78, 5) is 12.4. The highest BCUT2D eigenvalue weighted by molar-refractivity contribution is 5.96. The average Bonchev–Trinajstić information content (AvgIpc) is 3.26. The Bertz CT molecular complexity index is 1130. The lowest BCUT2D eigenvalue weighted by Gasteiger charge is -2.31. The number of anilines is 2. The Kier molecular flexibility index (Phi) is 6.61. The van der Waals surface area contributed by atoms with Crippen LogP contribution in [0.4, 0.5) is 11.4 Å². The van der Waals surface area contributed by atoms with Crippen LogP contribution < -0.4 is 19.9 Å². The minimum absolute atomic E-state index is 0.661. The van der Waals surface area contributed by atoms with E-state index in [2.05, 4.69) is 77.6 Å². The number of likely N-dealkylation sites (N-methyl/N-ethyl adjacent to an activating group) is 1. The monoisotopic (exact) mass is 459 g/mol. The number of nitrogens with one attached hydrogen (secondary N) is 1. The van der Waals surface area contributed by atoms with Crippen molar-refractivity contribution in [2.24, 2.45) is 11.8 Å².